The lowest BCUT2D eigenvalue weighted by molar-refractivity contribution is 0.0951. The summed E-state index contributed by atoms with van der Waals surface area (Å²) < 4.78 is 1.76. The van der Waals surface area contributed by atoms with Crippen molar-refractivity contribution in [2.45, 2.75) is 25.3 Å². The topological polar surface area (TPSA) is 71.3 Å². The minimum absolute atomic E-state index is 0.219. The number of carbonyl (C=O) groups is 1. The van der Waals surface area contributed by atoms with Gasteiger partial charge in [-0.05, 0) is 49.2 Å². The van der Waals surface area contributed by atoms with Crippen molar-refractivity contribution in [3.05, 3.63) is 86.6 Å². The van der Waals surface area contributed by atoms with E-state index in [0.717, 1.165) is 24.2 Å². The molecule has 1 fully saturated rings. The van der Waals surface area contributed by atoms with Gasteiger partial charge in [0.05, 0.1) is 5.69 Å². The molecule has 1 amide bonds. The summed E-state index contributed by atoms with van der Waals surface area (Å²) in [6.07, 6.45) is 2.32. The van der Waals surface area contributed by atoms with Crippen LogP contribution in [0.2, 0.25) is 15.2 Å². The van der Waals surface area contributed by atoms with Crippen LogP contribution in [-0.2, 0) is 6.54 Å². The number of nitrogens with zero attached hydrogens (tertiary/aromatic N) is 3. The van der Waals surface area contributed by atoms with E-state index in [-0.39, 0.29) is 12.5 Å². The Balaban J connectivity index is 1.30. The normalized spacial score (nSPS) is 13.3. The van der Waals surface area contributed by atoms with Gasteiger partial charge in [0.15, 0.2) is 5.65 Å². The molecule has 2 aromatic heterocycles. The third-order valence-corrected chi connectivity index (χ3v) is 6.22. The number of anilines is 2. The third-order valence-electron chi connectivity index (χ3n) is 5.32. The fourth-order valence-electron chi connectivity index (χ4n) is 3.45. The molecule has 1 saturated carbocycles. The van der Waals surface area contributed by atoms with Crippen LogP contribution in [0.4, 0.5) is 11.5 Å². The van der Waals surface area contributed by atoms with Crippen molar-refractivity contribution in [3.63, 3.8) is 0 Å². The maximum absolute atomic E-state index is 12.5. The van der Waals surface area contributed by atoms with Crippen LogP contribution in [0.5, 0.6) is 0 Å². The fourth-order valence-corrected chi connectivity index (χ4v) is 4.17. The van der Waals surface area contributed by atoms with E-state index in [9.17, 15) is 4.79 Å². The van der Waals surface area contributed by atoms with E-state index in [1.807, 2.05) is 18.2 Å². The molecule has 0 bridgehead atoms. The van der Waals surface area contributed by atoms with Gasteiger partial charge < -0.3 is 10.6 Å². The predicted molar refractivity (Wildman–Crippen MR) is 127 cm³/mol. The summed E-state index contributed by atoms with van der Waals surface area (Å²) in [7, 11) is 0. The molecule has 1 aliphatic carbocycles. The van der Waals surface area contributed by atoms with Crippen LogP contribution in [0.25, 0.3) is 5.65 Å². The average Bonchev–Trinajstić information content (AvgIpc) is 3.53. The number of carbonyl (C=O) groups excluding carboxylic acids is 1. The van der Waals surface area contributed by atoms with E-state index in [2.05, 4.69) is 20.7 Å². The second-order valence-corrected chi connectivity index (χ2v) is 8.86. The highest BCUT2D eigenvalue weighted by molar-refractivity contribution is 6.36. The van der Waals surface area contributed by atoms with E-state index < -0.39 is 0 Å². The molecule has 1 aliphatic rings. The van der Waals surface area contributed by atoms with Gasteiger partial charge in [0, 0.05) is 51.5 Å². The molecule has 0 unspecified atom stereocenters. The quantitative estimate of drug-likeness (QED) is 0.316. The summed E-state index contributed by atoms with van der Waals surface area (Å²) >= 11 is 18.5. The molecule has 0 saturated heterocycles. The first kappa shape index (κ1) is 21.1. The van der Waals surface area contributed by atoms with Crippen molar-refractivity contribution in [1.82, 2.24) is 19.9 Å². The van der Waals surface area contributed by atoms with Crippen molar-refractivity contribution in [3.8, 4) is 0 Å². The first-order valence-electron chi connectivity index (χ1n) is 10.1. The summed E-state index contributed by atoms with van der Waals surface area (Å²) in [6, 6.07) is 16.1. The van der Waals surface area contributed by atoms with Crippen LogP contribution in [0.15, 0.2) is 54.6 Å². The van der Waals surface area contributed by atoms with E-state index in [1.165, 1.54) is 0 Å². The monoisotopic (exact) mass is 485 g/mol. The molecule has 0 atom stereocenters. The molecular formula is C23H18Cl3N5O. The zero-order chi connectivity index (χ0) is 22.2. The Morgan fingerprint density at radius 2 is 1.75 bits per heavy atom. The van der Waals surface area contributed by atoms with Gasteiger partial charge in [-0.15, -0.1) is 0 Å². The lowest BCUT2D eigenvalue weighted by atomic mass is 10.1. The van der Waals surface area contributed by atoms with Crippen molar-refractivity contribution in [2.75, 3.05) is 5.32 Å². The van der Waals surface area contributed by atoms with Crippen LogP contribution < -0.4 is 10.6 Å². The Labute approximate surface area is 199 Å². The molecule has 5 rings (SSSR count). The molecule has 2 heterocycles. The van der Waals surface area contributed by atoms with Crippen LogP contribution >= 0.6 is 34.8 Å². The van der Waals surface area contributed by atoms with E-state index >= 15 is 0 Å². The Morgan fingerprint density at radius 1 is 1.03 bits per heavy atom. The first-order chi connectivity index (χ1) is 15.5. The highest BCUT2D eigenvalue weighted by Gasteiger charge is 2.27. The SMILES string of the molecule is O=C(NCc1c(Cl)cccc1Cl)c1ccc(Nc2cc(Cl)nc3cc(C4CC4)nn23)cc1. The first-order valence-corrected chi connectivity index (χ1v) is 11.3. The third kappa shape index (κ3) is 4.39. The minimum Gasteiger partial charge on any atom is -0.348 e. The number of hydrogen-bond donors (Lipinski definition) is 2. The smallest absolute Gasteiger partial charge is 0.251 e. The maximum atomic E-state index is 12.5. The zero-order valence-electron chi connectivity index (χ0n) is 16.8. The number of hydrogen-bond acceptors (Lipinski definition) is 4. The van der Waals surface area contributed by atoms with E-state index in [1.54, 1.807) is 40.9 Å². The lowest BCUT2D eigenvalue weighted by Gasteiger charge is -2.11. The van der Waals surface area contributed by atoms with Gasteiger partial charge in [-0.2, -0.15) is 9.61 Å². The highest BCUT2D eigenvalue weighted by Crippen LogP contribution is 2.39. The van der Waals surface area contributed by atoms with Crippen LogP contribution in [0.1, 0.15) is 40.4 Å². The van der Waals surface area contributed by atoms with Crippen molar-refractivity contribution >= 4 is 57.9 Å². The highest BCUT2D eigenvalue weighted by atomic mass is 35.5. The lowest BCUT2D eigenvalue weighted by Crippen LogP contribution is -2.23. The maximum Gasteiger partial charge on any atom is 0.251 e. The van der Waals surface area contributed by atoms with Gasteiger partial charge in [-0.25, -0.2) is 4.98 Å². The molecule has 0 spiro atoms. The van der Waals surface area contributed by atoms with Gasteiger partial charge in [0.1, 0.15) is 11.0 Å². The molecule has 162 valence electrons. The van der Waals surface area contributed by atoms with E-state index in [4.69, 9.17) is 34.8 Å². The largest absolute Gasteiger partial charge is 0.348 e. The second-order valence-electron chi connectivity index (χ2n) is 7.66. The standard InChI is InChI=1S/C23H18Cl3N5O/c24-17-2-1-3-18(25)16(17)12-27-23(32)14-6-8-15(9-7-14)28-22-11-20(26)29-21-10-19(13-4-5-13)30-31(21)22/h1-3,6-11,13,28H,4-5,12H2,(H,27,32). The summed E-state index contributed by atoms with van der Waals surface area (Å²) in [5, 5.41) is 12.2. The van der Waals surface area contributed by atoms with Gasteiger partial charge in [0.2, 0.25) is 0 Å². The number of aromatic nitrogens is 3. The molecule has 0 aliphatic heterocycles. The van der Waals surface area contributed by atoms with Gasteiger partial charge in [0.25, 0.3) is 5.91 Å². The molecule has 2 aromatic carbocycles. The van der Waals surface area contributed by atoms with Crippen LogP contribution in [0, 0.1) is 0 Å². The van der Waals surface area contributed by atoms with Gasteiger partial charge >= 0.3 is 0 Å². The number of fused-ring (bicyclic) bond motifs is 1. The molecule has 6 nitrogen and oxygen atoms in total. The Hall–Kier alpha value is -2.80. The molecule has 9 heteroatoms. The number of halogens is 3. The number of benzene rings is 2. The summed E-state index contributed by atoms with van der Waals surface area (Å²) in [5.41, 5.74) is 3.74. The summed E-state index contributed by atoms with van der Waals surface area (Å²) in [5.74, 6) is 1.00. The Bertz CT molecular complexity index is 1300. The zero-order valence-corrected chi connectivity index (χ0v) is 19.0. The summed E-state index contributed by atoms with van der Waals surface area (Å²) in [6.45, 7) is 0.244. The number of amides is 1. The molecule has 32 heavy (non-hydrogen) atoms. The number of nitrogens with one attached hydrogen (secondary N) is 2. The molecule has 2 N–H and O–H groups in total. The summed E-state index contributed by atoms with van der Waals surface area (Å²) in [4.78, 5) is 16.9. The molecule has 4 aromatic rings. The van der Waals surface area contributed by atoms with Crippen LogP contribution in [0.3, 0.4) is 0 Å². The fraction of sp³-hybridized carbons (Fsp3) is 0.174. The average molecular weight is 487 g/mol. The molecular weight excluding hydrogens is 469 g/mol. The Kier molecular flexibility index (Phi) is 5.67. The van der Waals surface area contributed by atoms with E-state index in [0.29, 0.717) is 43.7 Å². The second kappa shape index (κ2) is 8.62. The minimum atomic E-state index is -0.219. The predicted octanol–water partition coefficient (Wildman–Crippen LogP) is 6.24. The number of rotatable bonds is 6. The van der Waals surface area contributed by atoms with Crippen molar-refractivity contribution in [1.29, 1.82) is 0 Å². The van der Waals surface area contributed by atoms with Crippen molar-refractivity contribution in [2.24, 2.45) is 0 Å². The van der Waals surface area contributed by atoms with Crippen molar-refractivity contribution < 1.29 is 4.79 Å². The molecule has 0 radical (unpaired) electrons. The van der Waals surface area contributed by atoms with Crippen LogP contribution in [-0.4, -0.2) is 20.5 Å². The van der Waals surface area contributed by atoms with Gasteiger partial charge in [-0.1, -0.05) is 40.9 Å². The van der Waals surface area contributed by atoms with Gasteiger partial charge in [-0.3, -0.25) is 4.79 Å². The Morgan fingerprint density at radius 3 is 2.44 bits per heavy atom.